The van der Waals surface area contributed by atoms with E-state index in [9.17, 15) is 14.4 Å². The molecule has 0 aromatic heterocycles. The summed E-state index contributed by atoms with van der Waals surface area (Å²) in [7, 11) is 0. The van der Waals surface area contributed by atoms with Crippen molar-refractivity contribution in [3.8, 4) is 0 Å². The number of rotatable bonds is 7. The summed E-state index contributed by atoms with van der Waals surface area (Å²) < 4.78 is 4.86. The van der Waals surface area contributed by atoms with Crippen molar-refractivity contribution in [1.82, 2.24) is 15.5 Å². The summed E-state index contributed by atoms with van der Waals surface area (Å²) in [5, 5.41) is 4.88. The van der Waals surface area contributed by atoms with Crippen LogP contribution in [0, 0.1) is 0 Å². The highest BCUT2D eigenvalue weighted by Gasteiger charge is 2.18. The first-order valence-corrected chi connectivity index (χ1v) is 7.18. The molecule has 0 bridgehead atoms. The number of ether oxygens (including phenoxy) is 1. The van der Waals surface area contributed by atoms with E-state index in [1.807, 2.05) is 27.7 Å². The maximum atomic E-state index is 11.8. The zero-order valence-corrected chi connectivity index (χ0v) is 13.6. The summed E-state index contributed by atoms with van der Waals surface area (Å²) >= 11 is 0. The lowest BCUT2D eigenvalue weighted by Gasteiger charge is -2.22. The first-order chi connectivity index (χ1) is 9.67. The first-order valence-electron chi connectivity index (χ1n) is 7.18. The first kappa shape index (κ1) is 19.4. The molecule has 0 heterocycles. The topological polar surface area (TPSA) is 87.7 Å². The summed E-state index contributed by atoms with van der Waals surface area (Å²) in [5.41, 5.74) is -0.418. The molecular formula is C14H27N3O4. The zero-order chi connectivity index (χ0) is 16.5. The molecule has 0 aliphatic rings. The van der Waals surface area contributed by atoms with E-state index in [0.29, 0.717) is 13.2 Å². The molecule has 0 rings (SSSR count). The monoisotopic (exact) mass is 301 g/mol. The third kappa shape index (κ3) is 10.8. The smallest absolute Gasteiger partial charge is 0.321 e. The molecule has 0 aliphatic heterocycles. The molecular weight excluding hydrogens is 274 g/mol. The summed E-state index contributed by atoms with van der Waals surface area (Å²) in [6.45, 7) is 10.0. The average molecular weight is 301 g/mol. The number of nitrogens with one attached hydrogen (secondary N) is 2. The molecule has 0 spiro atoms. The predicted molar refractivity (Wildman–Crippen MR) is 79.8 cm³/mol. The van der Waals surface area contributed by atoms with E-state index in [1.54, 1.807) is 11.8 Å². The van der Waals surface area contributed by atoms with Crippen molar-refractivity contribution < 1.29 is 19.1 Å². The minimum Gasteiger partial charge on any atom is -0.465 e. The summed E-state index contributed by atoms with van der Waals surface area (Å²) in [6, 6.07) is -0.542. The average Bonchev–Trinajstić information content (AvgIpc) is 2.25. The molecule has 0 aliphatic carbocycles. The van der Waals surface area contributed by atoms with Crippen LogP contribution >= 0.6 is 0 Å². The van der Waals surface area contributed by atoms with Gasteiger partial charge < -0.3 is 10.1 Å². The number of amides is 3. The number of imide groups is 1. The SMILES string of the molecule is CCCN(CC(=O)NC(=O)NC(C)(C)C)CC(=O)OCC. The number of hydrogen-bond acceptors (Lipinski definition) is 5. The van der Waals surface area contributed by atoms with Crippen LogP contribution < -0.4 is 10.6 Å². The molecule has 7 heteroatoms. The summed E-state index contributed by atoms with van der Waals surface area (Å²) in [5.74, 6) is -0.826. The Morgan fingerprint density at radius 1 is 1.10 bits per heavy atom. The fourth-order valence-corrected chi connectivity index (χ4v) is 1.66. The third-order valence-electron chi connectivity index (χ3n) is 2.31. The van der Waals surface area contributed by atoms with Crippen LogP contribution in [0.5, 0.6) is 0 Å². The Morgan fingerprint density at radius 3 is 2.19 bits per heavy atom. The maximum Gasteiger partial charge on any atom is 0.321 e. The minimum absolute atomic E-state index is 0.0236. The minimum atomic E-state index is -0.542. The third-order valence-corrected chi connectivity index (χ3v) is 2.31. The summed E-state index contributed by atoms with van der Waals surface area (Å²) in [4.78, 5) is 36.5. The van der Waals surface area contributed by atoms with Crippen LogP contribution in [0.15, 0.2) is 0 Å². The van der Waals surface area contributed by atoms with E-state index in [-0.39, 0.29) is 19.1 Å². The fraction of sp³-hybridized carbons (Fsp3) is 0.786. The van der Waals surface area contributed by atoms with E-state index in [1.165, 1.54) is 0 Å². The Balaban J connectivity index is 4.34. The Morgan fingerprint density at radius 2 is 1.71 bits per heavy atom. The Kier molecular flexibility index (Phi) is 8.61. The number of esters is 1. The van der Waals surface area contributed by atoms with Crippen molar-refractivity contribution in [3.05, 3.63) is 0 Å². The van der Waals surface area contributed by atoms with E-state index in [2.05, 4.69) is 10.6 Å². The second-order valence-corrected chi connectivity index (χ2v) is 5.77. The molecule has 0 saturated heterocycles. The number of nitrogens with zero attached hydrogens (tertiary/aromatic N) is 1. The van der Waals surface area contributed by atoms with Gasteiger partial charge in [-0.25, -0.2) is 4.79 Å². The molecule has 21 heavy (non-hydrogen) atoms. The Hall–Kier alpha value is -1.63. The van der Waals surface area contributed by atoms with Crippen LogP contribution in [0.2, 0.25) is 0 Å². The molecule has 0 aromatic rings. The molecule has 0 radical (unpaired) electrons. The lowest BCUT2D eigenvalue weighted by molar-refractivity contribution is -0.144. The summed E-state index contributed by atoms with van der Waals surface area (Å²) in [6.07, 6.45) is 0.793. The molecule has 122 valence electrons. The van der Waals surface area contributed by atoms with Crippen molar-refractivity contribution in [1.29, 1.82) is 0 Å². The molecule has 0 fully saturated rings. The van der Waals surface area contributed by atoms with Gasteiger partial charge in [0.15, 0.2) is 0 Å². The largest absolute Gasteiger partial charge is 0.465 e. The van der Waals surface area contributed by atoms with Gasteiger partial charge in [0.25, 0.3) is 0 Å². The van der Waals surface area contributed by atoms with Crippen LogP contribution in [0.4, 0.5) is 4.79 Å². The Bertz CT molecular complexity index is 364. The number of carbonyl (C=O) groups is 3. The second kappa shape index (κ2) is 9.33. The lowest BCUT2D eigenvalue weighted by Crippen LogP contribution is -2.50. The molecule has 0 aromatic carbocycles. The number of hydrogen-bond donors (Lipinski definition) is 2. The van der Waals surface area contributed by atoms with Gasteiger partial charge in [-0.2, -0.15) is 0 Å². The van der Waals surface area contributed by atoms with Crippen LogP contribution in [0.3, 0.4) is 0 Å². The van der Waals surface area contributed by atoms with E-state index in [4.69, 9.17) is 4.74 Å². The van der Waals surface area contributed by atoms with Crippen LogP contribution in [0.25, 0.3) is 0 Å². The second-order valence-electron chi connectivity index (χ2n) is 5.77. The van der Waals surface area contributed by atoms with Gasteiger partial charge >= 0.3 is 12.0 Å². The standard InChI is InChI=1S/C14H27N3O4/c1-6-8-17(10-12(19)21-7-2)9-11(18)15-13(20)16-14(3,4)5/h6-10H2,1-5H3,(H2,15,16,18,20). The molecule has 2 N–H and O–H groups in total. The highest BCUT2D eigenvalue weighted by molar-refractivity contribution is 5.95. The van der Waals surface area contributed by atoms with Gasteiger partial charge in [-0.1, -0.05) is 6.92 Å². The van der Waals surface area contributed by atoms with E-state index in [0.717, 1.165) is 6.42 Å². The number of urea groups is 1. The highest BCUT2D eigenvalue weighted by atomic mass is 16.5. The van der Waals surface area contributed by atoms with Gasteiger partial charge in [-0.3, -0.25) is 19.8 Å². The van der Waals surface area contributed by atoms with Gasteiger partial charge in [0, 0.05) is 5.54 Å². The van der Waals surface area contributed by atoms with Gasteiger partial charge in [-0.05, 0) is 40.7 Å². The fourth-order valence-electron chi connectivity index (χ4n) is 1.66. The van der Waals surface area contributed by atoms with Gasteiger partial charge in [0.05, 0.1) is 19.7 Å². The predicted octanol–water partition coefficient (Wildman–Crippen LogP) is 0.886. The van der Waals surface area contributed by atoms with Crippen LogP contribution in [-0.2, 0) is 14.3 Å². The molecule has 0 atom stereocenters. The molecule has 0 unspecified atom stereocenters. The highest BCUT2D eigenvalue weighted by Crippen LogP contribution is 1.98. The van der Waals surface area contributed by atoms with E-state index >= 15 is 0 Å². The quantitative estimate of drug-likeness (QED) is 0.682. The number of carbonyl (C=O) groups excluding carboxylic acids is 3. The zero-order valence-electron chi connectivity index (χ0n) is 13.6. The van der Waals surface area contributed by atoms with Crippen molar-refractivity contribution in [3.63, 3.8) is 0 Å². The van der Waals surface area contributed by atoms with Gasteiger partial charge in [-0.15, -0.1) is 0 Å². The Labute approximate surface area is 126 Å². The molecule has 0 saturated carbocycles. The van der Waals surface area contributed by atoms with E-state index < -0.39 is 17.5 Å². The normalized spacial score (nSPS) is 11.1. The van der Waals surface area contributed by atoms with Crippen molar-refractivity contribution in [2.75, 3.05) is 26.2 Å². The van der Waals surface area contributed by atoms with Crippen molar-refractivity contribution in [2.45, 2.75) is 46.6 Å². The van der Waals surface area contributed by atoms with Gasteiger partial charge in [0.2, 0.25) is 5.91 Å². The lowest BCUT2D eigenvalue weighted by atomic mass is 10.1. The van der Waals surface area contributed by atoms with Crippen LogP contribution in [0.1, 0.15) is 41.0 Å². The van der Waals surface area contributed by atoms with Crippen molar-refractivity contribution >= 4 is 17.9 Å². The van der Waals surface area contributed by atoms with Crippen molar-refractivity contribution in [2.24, 2.45) is 0 Å². The van der Waals surface area contributed by atoms with Gasteiger partial charge in [0.1, 0.15) is 0 Å². The van der Waals surface area contributed by atoms with Crippen LogP contribution in [-0.4, -0.2) is 54.6 Å². The molecule has 3 amide bonds. The maximum absolute atomic E-state index is 11.8. The molecule has 7 nitrogen and oxygen atoms in total.